The average molecular weight is 256 g/mol. The summed E-state index contributed by atoms with van der Waals surface area (Å²) in [6, 6.07) is 0. The Bertz CT molecular complexity index is 65.5. The third-order valence-corrected chi connectivity index (χ3v) is 0.759. The molecule has 0 radical (unpaired) electrons. The van der Waals surface area contributed by atoms with Crippen molar-refractivity contribution in [1.29, 1.82) is 0 Å². The molecule has 0 aromatic carbocycles. The average Bonchev–Trinajstić information content (AvgIpc) is 1.68. The van der Waals surface area contributed by atoms with Gasteiger partial charge in [-0.3, -0.25) is 4.79 Å². The van der Waals surface area contributed by atoms with Gasteiger partial charge in [-0.2, -0.15) is 0 Å². The van der Waals surface area contributed by atoms with E-state index in [2.05, 4.69) is 4.74 Å². The quantitative estimate of drug-likeness (QED) is 0.712. The Balaban J connectivity index is 0. The van der Waals surface area contributed by atoms with E-state index in [0.717, 1.165) is 6.42 Å². The standard InChI is InChI=1S/C6H12O2.Ce/c1-3-5-6(7)8-4-2;/h3-5H2,1-2H3;. The smallest absolute Gasteiger partial charge is 0.305 e. The van der Waals surface area contributed by atoms with Crippen LogP contribution in [0.4, 0.5) is 0 Å². The van der Waals surface area contributed by atoms with Gasteiger partial charge in [0.2, 0.25) is 0 Å². The van der Waals surface area contributed by atoms with Gasteiger partial charge in [0, 0.05) is 48.2 Å². The molecule has 0 spiro atoms. The summed E-state index contributed by atoms with van der Waals surface area (Å²) in [5.41, 5.74) is 0. The molecule has 0 aromatic rings. The second-order valence-electron chi connectivity index (χ2n) is 1.56. The van der Waals surface area contributed by atoms with E-state index in [1.165, 1.54) is 0 Å². The van der Waals surface area contributed by atoms with E-state index in [0.29, 0.717) is 13.0 Å². The first-order chi connectivity index (χ1) is 3.81. The van der Waals surface area contributed by atoms with Crippen molar-refractivity contribution in [3.8, 4) is 0 Å². The molecular formula is C6H12CeO2. The molecule has 0 atom stereocenters. The molecule has 0 bridgehead atoms. The van der Waals surface area contributed by atoms with Gasteiger partial charge >= 0.3 is 5.97 Å². The van der Waals surface area contributed by atoms with E-state index in [1.54, 1.807) is 0 Å². The van der Waals surface area contributed by atoms with Gasteiger partial charge in [-0.15, -0.1) is 0 Å². The predicted molar refractivity (Wildman–Crippen MR) is 31.5 cm³/mol. The first kappa shape index (κ1) is 12.5. The molecule has 0 aliphatic carbocycles. The summed E-state index contributed by atoms with van der Waals surface area (Å²) < 4.78 is 4.64. The number of carbonyl (C=O) groups excluding carboxylic acids is 1. The van der Waals surface area contributed by atoms with Gasteiger partial charge in [0.1, 0.15) is 0 Å². The van der Waals surface area contributed by atoms with E-state index < -0.39 is 0 Å². The molecule has 0 saturated carbocycles. The van der Waals surface area contributed by atoms with E-state index in [9.17, 15) is 4.79 Å². The molecule has 0 fully saturated rings. The minimum absolute atomic E-state index is 0. The molecule has 52 valence electrons. The predicted octanol–water partition coefficient (Wildman–Crippen LogP) is 1.35. The molecule has 9 heavy (non-hydrogen) atoms. The van der Waals surface area contributed by atoms with Crippen molar-refractivity contribution in [3.05, 3.63) is 0 Å². The van der Waals surface area contributed by atoms with Crippen LogP contribution in [0.2, 0.25) is 0 Å². The van der Waals surface area contributed by atoms with Crippen LogP contribution in [0.3, 0.4) is 0 Å². The van der Waals surface area contributed by atoms with E-state index in [1.807, 2.05) is 13.8 Å². The summed E-state index contributed by atoms with van der Waals surface area (Å²) in [5.74, 6) is -0.0880. The maximum atomic E-state index is 10.4. The van der Waals surface area contributed by atoms with Crippen LogP contribution in [0.1, 0.15) is 26.7 Å². The van der Waals surface area contributed by atoms with Crippen LogP contribution in [-0.4, -0.2) is 12.6 Å². The van der Waals surface area contributed by atoms with E-state index in [4.69, 9.17) is 0 Å². The van der Waals surface area contributed by atoms with Crippen LogP contribution >= 0.6 is 0 Å². The molecule has 3 heteroatoms. The largest absolute Gasteiger partial charge is 0.466 e. The first-order valence-corrected chi connectivity index (χ1v) is 2.96. The van der Waals surface area contributed by atoms with Crippen molar-refractivity contribution in [3.63, 3.8) is 0 Å². The Morgan fingerprint density at radius 1 is 1.44 bits per heavy atom. The normalized spacial score (nSPS) is 7.78. The first-order valence-electron chi connectivity index (χ1n) is 2.96. The molecule has 0 unspecified atom stereocenters. The van der Waals surface area contributed by atoms with Crippen molar-refractivity contribution >= 4 is 5.97 Å². The van der Waals surface area contributed by atoms with E-state index >= 15 is 0 Å². The summed E-state index contributed by atoms with van der Waals surface area (Å²) in [6.07, 6.45) is 1.42. The van der Waals surface area contributed by atoms with Gasteiger partial charge < -0.3 is 4.74 Å². The Hall–Kier alpha value is 0.847. The molecule has 0 aliphatic rings. The molecular weight excluding hydrogens is 244 g/mol. The second kappa shape index (κ2) is 8.85. The topological polar surface area (TPSA) is 26.3 Å². The zero-order chi connectivity index (χ0) is 6.41. The minimum atomic E-state index is -0.0880. The van der Waals surface area contributed by atoms with Crippen LogP contribution in [0, 0.1) is 41.7 Å². The van der Waals surface area contributed by atoms with Gasteiger partial charge in [-0.1, -0.05) is 6.92 Å². The van der Waals surface area contributed by atoms with Crippen molar-refractivity contribution in [2.45, 2.75) is 26.7 Å². The zero-order valence-corrected chi connectivity index (χ0v) is 9.08. The van der Waals surface area contributed by atoms with Gasteiger partial charge in [0.25, 0.3) is 0 Å². The Morgan fingerprint density at radius 2 is 2.00 bits per heavy atom. The number of ether oxygens (including phenoxy) is 1. The molecule has 0 amide bonds. The van der Waals surface area contributed by atoms with Crippen LogP contribution in [0.25, 0.3) is 0 Å². The van der Waals surface area contributed by atoms with Crippen LogP contribution in [0.15, 0.2) is 0 Å². The van der Waals surface area contributed by atoms with Crippen LogP contribution < -0.4 is 0 Å². The van der Waals surface area contributed by atoms with Crippen molar-refractivity contribution < 1.29 is 51.3 Å². The molecule has 0 heterocycles. The molecule has 0 rings (SSSR count). The molecule has 0 N–H and O–H groups in total. The van der Waals surface area contributed by atoms with Crippen LogP contribution in [-0.2, 0) is 9.53 Å². The summed E-state index contributed by atoms with van der Waals surface area (Å²) in [7, 11) is 0. The summed E-state index contributed by atoms with van der Waals surface area (Å²) >= 11 is 0. The summed E-state index contributed by atoms with van der Waals surface area (Å²) in [5, 5.41) is 0. The van der Waals surface area contributed by atoms with Gasteiger partial charge in [-0.25, -0.2) is 0 Å². The van der Waals surface area contributed by atoms with Crippen molar-refractivity contribution in [2.75, 3.05) is 6.61 Å². The third kappa shape index (κ3) is 8.85. The third-order valence-electron chi connectivity index (χ3n) is 0.759. The summed E-state index contributed by atoms with van der Waals surface area (Å²) in [4.78, 5) is 10.4. The number of carbonyl (C=O) groups is 1. The monoisotopic (exact) mass is 256 g/mol. The maximum absolute atomic E-state index is 10.4. The number of hydrogen-bond acceptors (Lipinski definition) is 2. The second-order valence-corrected chi connectivity index (χ2v) is 1.56. The Morgan fingerprint density at radius 3 is 2.33 bits per heavy atom. The number of rotatable bonds is 3. The Labute approximate surface area is 89.7 Å². The van der Waals surface area contributed by atoms with Crippen molar-refractivity contribution in [2.24, 2.45) is 0 Å². The summed E-state index contributed by atoms with van der Waals surface area (Å²) in [6.45, 7) is 4.27. The minimum Gasteiger partial charge on any atom is -0.466 e. The number of esters is 1. The number of hydrogen-bond donors (Lipinski definition) is 0. The fourth-order valence-electron chi connectivity index (χ4n) is 0.437. The zero-order valence-electron chi connectivity index (χ0n) is 5.94. The SMILES string of the molecule is CCCC(=O)OCC.[Ce]. The molecule has 0 aliphatic heterocycles. The maximum Gasteiger partial charge on any atom is 0.305 e. The van der Waals surface area contributed by atoms with Gasteiger partial charge in [0.05, 0.1) is 6.61 Å². The molecule has 0 aromatic heterocycles. The molecule has 2 nitrogen and oxygen atoms in total. The van der Waals surface area contributed by atoms with Gasteiger partial charge in [-0.05, 0) is 13.3 Å². The fraction of sp³-hybridized carbons (Fsp3) is 0.833. The van der Waals surface area contributed by atoms with E-state index in [-0.39, 0.29) is 47.7 Å². The molecule has 0 saturated heterocycles. The fourth-order valence-corrected chi connectivity index (χ4v) is 0.437. The van der Waals surface area contributed by atoms with Crippen molar-refractivity contribution in [1.82, 2.24) is 0 Å². The van der Waals surface area contributed by atoms with Gasteiger partial charge in [0.15, 0.2) is 0 Å². The van der Waals surface area contributed by atoms with Crippen LogP contribution in [0.5, 0.6) is 0 Å². The Kier molecular flexibility index (Phi) is 12.3.